The summed E-state index contributed by atoms with van der Waals surface area (Å²) in [7, 11) is 0. The smallest absolute Gasteiger partial charge is 0.244 e. The van der Waals surface area contributed by atoms with Gasteiger partial charge in [-0.05, 0) is 43.7 Å². The molecule has 5 heteroatoms. The zero-order valence-corrected chi connectivity index (χ0v) is 16.9. The van der Waals surface area contributed by atoms with Crippen LogP contribution in [0.25, 0.3) is 0 Å². The van der Waals surface area contributed by atoms with Crippen molar-refractivity contribution in [2.45, 2.75) is 56.1 Å². The van der Waals surface area contributed by atoms with Crippen molar-refractivity contribution in [1.29, 1.82) is 0 Å². The predicted molar refractivity (Wildman–Crippen MR) is 111 cm³/mol. The molecular weight excluding hydrogens is 364 g/mol. The highest BCUT2D eigenvalue weighted by molar-refractivity contribution is 8.02. The van der Waals surface area contributed by atoms with Crippen molar-refractivity contribution in [3.05, 3.63) is 59.4 Å². The highest BCUT2D eigenvalue weighted by Gasteiger charge is 2.49. The number of carbonyl (C=O) groups excluding carboxylic acids is 1. The van der Waals surface area contributed by atoms with Crippen LogP contribution < -0.4 is 4.90 Å². The number of anilines is 1. The molecule has 2 unspecified atom stereocenters. The Kier molecular flexibility index (Phi) is 6.25. The van der Waals surface area contributed by atoms with Crippen LogP contribution in [0.4, 0.5) is 5.69 Å². The van der Waals surface area contributed by atoms with Crippen LogP contribution in [-0.2, 0) is 4.79 Å². The first kappa shape index (κ1) is 19.2. The Hall–Kier alpha value is -1.52. The standard InChI is InChI=1S/C21H25ClN2OS/c1-3-4-5-6-13-21(2)20(25)24(18-11-9-17(22)10-12-18)19(26-21)16-8-7-14-23-15-16/h7-12,14-15,19H,3-6,13H2,1-2H3. The maximum absolute atomic E-state index is 13.4. The zero-order chi connectivity index (χ0) is 18.6. The van der Waals surface area contributed by atoms with Crippen molar-refractivity contribution in [2.24, 2.45) is 0 Å². The van der Waals surface area contributed by atoms with Gasteiger partial charge < -0.3 is 0 Å². The second kappa shape index (κ2) is 8.45. The lowest BCUT2D eigenvalue weighted by molar-refractivity contribution is -0.120. The van der Waals surface area contributed by atoms with Gasteiger partial charge in [-0.15, -0.1) is 11.8 Å². The van der Waals surface area contributed by atoms with Crippen LogP contribution >= 0.6 is 23.4 Å². The third kappa shape index (κ3) is 4.07. The fraction of sp³-hybridized carbons (Fsp3) is 0.429. The molecule has 1 fully saturated rings. The number of amides is 1. The van der Waals surface area contributed by atoms with Crippen molar-refractivity contribution >= 4 is 35.0 Å². The summed E-state index contributed by atoms with van der Waals surface area (Å²) in [4.78, 5) is 19.6. The molecule has 2 aromatic rings. The SMILES string of the molecule is CCCCCCC1(C)SC(c2cccnc2)N(c2ccc(Cl)cc2)C1=O. The van der Waals surface area contributed by atoms with Crippen molar-refractivity contribution in [1.82, 2.24) is 4.98 Å². The molecule has 0 saturated carbocycles. The molecule has 26 heavy (non-hydrogen) atoms. The number of carbonyl (C=O) groups is 1. The topological polar surface area (TPSA) is 33.2 Å². The molecule has 0 N–H and O–H groups in total. The summed E-state index contributed by atoms with van der Waals surface area (Å²) in [5.74, 6) is 0.176. The number of nitrogens with zero attached hydrogens (tertiary/aromatic N) is 2. The van der Waals surface area contributed by atoms with Gasteiger partial charge in [0.2, 0.25) is 5.91 Å². The molecule has 1 amide bonds. The molecule has 3 rings (SSSR count). The summed E-state index contributed by atoms with van der Waals surface area (Å²) in [6.07, 6.45) is 9.21. The minimum Gasteiger partial charge on any atom is -0.294 e. The molecule has 2 heterocycles. The fourth-order valence-electron chi connectivity index (χ4n) is 3.36. The quantitative estimate of drug-likeness (QED) is 0.526. The van der Waals surface area contributed by atoms with Gasteiger partial charge in [0.25, 0.3) is 0 Å². The molecule has 0 spiro atoms. The van der Waals surface area contributed by atoms with E-state index in [0.717, 1.165) is 24.1 Å². The van der Waals surface area contributed by atoms with E-state index in [1.807, 2.05) is 47.5 Å². The summed E-state index contributed by atoms with van der Waals surface area (Å²) >= 11 is 7.79. The van der Waals surface area contributed by atoms with Gasteiger partial charge in [-0.2, -0.15) is 0 Å². The van der Waals surface area contributed by atoms with Gasteiger partial charge in [-0.3, -0.25) is 14.7 Å². The third-order valence-electron chi connectivity index (χ3n) is 4.86. The van der Waals surface area contributed by atoms with Crippen molar-refractivity contribution in [3.63, 3.8) is 0 Å². The fourth-order valence-corrected chi connectivity index (χ4v) is 5.04. The molecule has 1 aromatic carbocycles. The van der Waals surface area contributed by atoms with Crippen LogP contribution in [0.1, 0.15) is 56.9 Å². The maximum atomic E-state index is 13.4. The largest absolute Gasteiger partial charge is 0.294 e. The minimum atomic E-state index is -0.409. The van der Waals surface area contributed by atoms with E-state index in [9.17, 15) is 4.79 Å². The van der Waals surface area contributed by atoms with Crippen LogP contribution in [-0.4, -0.2) is 15.6 Å². The average Bonchev–Trinajstić information content (AvgIpc) is 2.92. The Bertz CT molecular complexity index is 737. The predicted octanol–water partition coefficient (Wildman–Crippen LogP) is 6.24. The first-order valence-corrected chi connectivity index (χ1v) is 10.5. The van der Waals surface area contributed by atoms with Gasteiger partial charge in [-0.25, -0.2) is 0 Å². The van der Waals surface area contributed by atoms with Crippen LogP contribution in [0.2, 0.25) is 5.02 Å². The number of hydrogen-bond acceptors (Lipinski definition) is 3. The van der Waals surface area contributed by atoms with Gasteiger partial charge in [0.15, 0.2) is 0 Å². The Morgan fingerprint density at radius 1 is 1.19 bits per heavy atom. The van der Waals surface area contributed by atoms with Gasteiger partial charge in [-0.1, -0.05) is 50.3 Å². The minimum absolute atomic E-state index is 0.0615. The molecule has 0 aliphatic carbocycles. The Morgan fingerprint density at radius 3 is 2.62 bits per heavy atom. The van der Waals surface area contributed by atoms with E-state index in [-0.39, 0.29) is 11.3 Å². The number of unbranched alkanes of at least 4 members (excludes halogenated alkanes) is 3. The number of benzene rings is 1. The van der Waals surface area contributed by atoms with Gasteiger partial charge in [0, 0.05) is 28.7 Å². The Labute approximate surface area is 165 Å². The highest BCUT2D eigenvalue weighted by Crippen LogP contribution is 2.53. The molecular formula is C21H25ClN2OS. The van der Waals surface area contributed by atoms with E-state index in [2.05, 4.69) is 18.8 Å². The Balaban J connectivity index is 1.90. The van der Waals surface area contributed by atoms with Crippen molar-refractivity contribution < 1.29 is 4.79 Å². The molecule has 1 aromatic heterocycles. The lowest BCUT2D eigenvalue weighted by atomic mass is 9.99. The van der Waals surface area contributed by atoms with Crippen molar-refractivity contribution in [2.75, 3.05) is 4.90 Å². The summed E-state index contributed by atoms with van der Waals surface area (Å²) in [5.41, 5.74) is 1.94. The first-order valence-electron chi connectivity index (χ1n) is 9.22. The zero-order valence-electron chi connectivity index (χ0n) is 15.3. The van der Waals surface area contributed by atoms with Crippen LogP contribution in [0.5, 0.6) is 0 Å². The summed E-state index contributed by atoms with van der Waals surface area (Å²) in [6.45, 7) is 4.29. The van der Waals surface area contributed by atoms with Crippen LogP contribution in [0.15, 0.2) is 48.8 Å². The molecule has 1 aliphatic rings. The average molecular weight is 389 g/mol. The molecule has 2 atom stereocenters. The Morgan fingerprint density at radius 2 is 1.96 bits per heavy atom. The molecule has 0 radical (unpaired) electrons. The lowest BCUT2D eigenvalue weighted by Crippen LogP contribution is -2.37. The maximum Gasteiger partial charge on any atom is 0.244 e. The summed E-state index contributed by atoms with van der Waals surface area (Å²) < 4.78 is -0.409. The van der Waals surface area contributed by atoms with E-state index in [1.54, 1.807) is 18.0 Å². The van der Waals surface area contributed by atoms with Gasteiger partial charge in [0.05, 0.1) is 4.75 Å². The molecule has 0 bridgehead atoms. The van der Waals surface area contributed by atoms with E-state index < -0.39 is 4.75 Å². The number of pyridine rings is 1. The number of aromatic nitrogens is 1. The normalized spacial score (nSPS) is 22.8. The monoisotopic (exact) mass is 388 g/mol. The first-order chi connectivity index (χ1) is 12.5. The van der Waals surface area contributed by atoms with Gasteiger partial charge >= 0.3 is 0 Å². The molecule has 1 aliphatic heterocycles. The molecule has 1 saturated heterocycles. The van der Waals surface area contributed by atoms with E-state index in [0.29, 0.717) is 5.02 Å². The number of hydrogen-bond donors (Lipinski definition) is 0. The van der Waals surface area contributed by atoms with E-state index >= 15 is 0 Å². The van der Waals surface area contributed by atoms with E-state index in [1.165, 1.54) is 19.3 Å². The number of rotatable bonds is 7. The van der Waals surface area contributed by atoms with E-state index in [4.69, 9.17) is 11.6 Å². The summed E-state index contributed by atoms with van der Waals surface area (Å²) in [6, 6.07) is 11.5. The van der Waals surface area contributed by atoms with Crippen LogP contribution in [0, 0.1) is 0 Å². The van der Waals surface area contributed by atoms with Gasteiger partial charge in [0.1, 0.15) is 5.37 Å². The van der Waals surface area contributed by atoms with Crippen LogP contribution in [0.3, 0.4) is 0 Å². The highest BCUT2D eigenvalue weighted by atomic mass is 35.5. The second-order valence-corrected chi connectivity index (χ2v) is 8.97. The third-order valence-corrected chi connectivity index (χ3v) is 6.72. The number of thioether (sulfide) groups is 1. The second-order valence-electron chi connectivity index (χ2n) is 6.95. The summed E-state index contributed by atoms with van der Waals surface area (Å²) in [5, 5.41) is 0.613. The molecule has 138 valence electrons. The number of halogens is 1. The van der Waals surface area contributed by atoms with Crippen molar-refractivity contribution in [3.8, 4) is 0 Å². The lowest BCUT2D eigenvalue weighted by Gasteiger charge is -2.24. The molecule has 3 nitrogen and oxygen atoms in total.